The van der Waals surface area contributed by atoms with Crippen molar-refractivity contribution < 1.29 is 43.0 Å². The monoisotopic (exact) mass is 755 g/mol. The van der Waals surface area contributed by atoms with Gasteiger partial charge in [-0.25, -0.2) is 4.57 Å². The maximum atomic E-state index is 12.4. The molecule has 0 aliphatic heterocycles. The lowest BCUT2D eigenvalue weighted by Crippen LogP contribution is -2.29. The minimum atomic E-state index is -4.78. The molecule has 0 spiro atoms. The van der Waals surface area contributed by atoms with Crippen LogP contribution in [-0.4, -0.2) is 52.3 Å². The summed E-state index contributed by atoms with van der Waals surface area (Å²) in [5.41, 5.74) is 0. The van der Waals surface area contributed by atoms with Crippen LogP contribution in [0.25, 0.3) is 0 Å². The smallest absolute Gasteiger partial charge is 0.462 e. The van der Waals surface area contributed by atoms with Gasteiger partial charge in [-0.05, 0) is 50.9 Å². The zero-order valence-corrected chi connectivity index (χ0v) is 33.9. The predicted octanol–water partition coefficient (Wildman–Crippen LogP) is 11.2. The highest BCUT2D eigenvalue weighted by atomic mass is 31.2. The Morgan fingerprint density at radius 2 is 1.23 bits per heavy atom. The highest BCUT2D eigenvalue weighted by Crippen LogP contribution is 2.36. The number of carbonyl (C=O) groups is 2. The van der Waals surface area contributed by atoms with Crippen molar-refractivity contribution in [3.63, 3.8) is 0 Å². The Morgan fingerprint density at radius 1 is 0.654 bits per heavy atom. The Balaban J connectivity index is 4.08. The second-order valence-electron chi connectivity index (χ2n) is 14.3. The molecule has 0 radical (unpaired) electrons. The number of carbonyl (C=O) groups excluding carboxylic acids is 2. The maximum absolute atomic E-state index is 12.4. The molecule has 0 aliphatic carbocycles. The molecule has 302 valence electrons. The third-order valence-corrected chi connectivity index (χ3v) is 9.09. The fraction of sp³-hybridized carbons (Fsp3) is 0.762. The molecule has 0 aromatic carbocycles. The summed E-state index contributed by atoms with van der Waals surface area (Å²) in [6.07, 6.45) is 38.6. The first-order valence-corrected chi connectivity index (χ1v) is 21.9. The molecule has 10 heteroatoms. The zero-order valence-electron chi connectivity index (χ0n) is 33.0. The lowest BCUT2D eigenvalue weighted by Gasteiger charge is -2.18. The molecule has 0 aromatic rings. The molecule has 0 fully saturated rings. The topological polar surface area (TPSA) is 140 Å². The summed E-state index contributed by atoms with van der Waals surface area (Å²) in [6, 6.07) is 0. The van der Waals surface area contributed by atoms with Gasteiger partial charge >= 0.3 is 19.8 Å². The largest absolute Gasteiger partial charge is 0.469 e. The number of allylic oxidation sites excluding steroid dienone is 6. The van der Waals surface area contributed by atoms with Crippen molar-refractivity contribution in [2.24, 2.45) is 5.92 Å². The molecule has 0 unspecified atom stereocenters. The Bertz CT molecular complexity index is 1010. The van der Waals surface area contributed by atoms with Crippen molar-refractivity contribution in [1.82, 2.24) is 0 Å². The van der Waals surface area contributed by atoms with E-state index in [1.165, 1.54) is 83.5 Å². The van der Waals surface area contributed by atoms with Crippen LogP contribution in [0.5, 0.6) is 0 Å². The summed E-state index contributed by atoms with van der Waals surface area (Å²) in [4.78, 5) is 42.8. The van der Waals surface area contributed by atoms with Gasteiger partial charge in [-0.15, -0.1) is 0 Å². The highest BCUT2D eigenvalue weighted by molar-refractivity contribution is 7.46. The highest BCUT2D eigenvalue weighted by Gasteiger charge is 2.22. The van der Waals surface area contributed by atoms with E-state index in [4.69, 9.17) is 19.3 Å². The molecular weight excluding hydrogens is 679 g/mol. The molecule has 52 heavy (non-hydrogen) atoms. The number of esters is 2. The van der Waals surface area contributed by atoms with Crippen molar-refractivity contribution in [2.45, 2.75) is 187 Å². The fourth-order valence-electron chi connectivity index (χ4n) is 5.51. The molecule has 0 heterocycles. The third kappa shape index (κ3) is 39.2. The van der Waals surface area contributed by atoms with Gasteiger partial charge in [0, 0.05) is 12.8 Å². The molecule has 0 saturated carbocycles. The first-order chi connectivity index (χ1) is 25.0. The van der Waals surface area contributed by atoms with Gasteiger partial charge in [-0.3, -0.25) is 14.1 Å². The molecule has 0 saturated heterocycles. The summed E-state index contributed by atoms with van der Waals surface area (Å²) in [5.74, 6) is -0.174. The average Bonchev–Trinajstić information content (AvgIpc) is 3.09. The second kappa shape index (κ2) is 36.0. The van der Waals surface area contributed by atoms with Gasteiger partial charge in [-0.1, -0.05) is 166 Å². The second-order valence-corrected chi connectivity index (χ2v) is 15.5. The number of phosphoric acid groups is 1. The predicted molar refractivity (Wildman–Crippen MR) is 213 cm³/mol. The Kier molecular flexibility index (Phi) is 34.6. The Labute approximate surface area is 317 Å². The van der Waals surface area contributed by atoms with E-state index >= 15 is 0 Å². The zero-order chi connectivity index (χ0) is 38.5. The molecular formula is C42H75O9P. The molecule has 0 aliphatic rings. The summed E-state index contributed by atoms with van der Waals surface area (Å²) in [7, 11) is -4.78. The van der Waals surface area contributed by atoms with Crippen LogP contribution in [0.2, 0.25) is 0 Å². The number of hydrogen-bond acceptors (Lipinski definition) is 7. The Hall–Kier alpha value is -2.03. The number of rotatable bonds is 36. The normalized spacial score (nSPS) is 13.7. The summed E-state index contributed by atoms with van der Waals surface area (Å²) in [5, 5.41) is 10.0. The van der Waals surface area contributed by atoms with Crippen LogP contribution in [0, 0.1) is 5.92 Å². The van der Waals surface area contributed by atoms with Crippen molar-refractivity contribution >= 4 is 19.8 Å². The van der Waals surface area contributed by atoms with Crippen molar-refractivity contribution in [2.75, 3.05) is 13.2 Å². The molecule has 0 aromatic heterocycles. The van der Waals surface area contributed by atoms with Crippen LogP contribution in [0.1, 0.15) is 175 Å². The van der Waals surface area contributed by atoms with E-state index < -0.39 is 38.6 Å². The number of aliphatic hydroxyl groups excluding tert-OH is 1. The first-order valence-electron chi connectivity index (χ1n) is 20.4. The van der Waals surface area contributed by atoms with E-state index in [-0.39, 0.29) is 19.4 Å². The molecule has 0 bridgehead atoms. The minimum absolute atomic E-state index is 0.157. The van der Waals surface area contributed by atoms with Gasteiger partial charge < -0.3 is 24.4 Å². The third-order valence-electron chi connectivity index (χ3n) is 8.61. The van der Waals surface area contributed by atoms with Gasteiger partial charge in [-0.2, -0.15) is 0 Å². The van der Waals surface area contributed by atoms with Crippen LogP contribution in [0.3, 0.4) is 0 Å². The molecule has 0 rings (SSSR count). The van der Waals surface area contributed by atoms with Crippen LogP contribution in [-0.2, 0) is 28.2 Å². The number of phosphoric ester groups is 1. The van der Waals surface area contributed by atoms with Crippen LogP contribution >= 0.6 is 7.82 Å². The van der Waals surface area contributed by atoms with Crippen molar-refractivity contribution in [1.29, 1.82) is 0 Å². The molecule has 2 atom stereocenters. The quantitative estimate of drug-likeness (QED) is 0.0187. The van der Waals surface area contributed by atoms with Crippen LogP contribution in [0.4, 0.5) is 0 Å². The molecule has 3 N–H and O–H groups in total. The van der Waals surface area contributed by atoms with Gasteiger partial charge in [0.05, 0.1) is 12.7 Å². The lowest BCUT2D eigenvalue weighted by atomic mass is 10.0. The molecule has 0 amide bonds. The number of aliphatic hydroxyl groups is 1. The van der Waals surface area contributed by atoms with E-state index in [2.05, 4.69) is 31.4 Å². The van der Waals surface area contributed by atoms with Crippen molar-refractivity contribution in [3.05, 3.63) is 48.6 Å². The van der Waals surface area contributed by atoms with E-state index in [1.54, 1.807) is 6.08 Å². The first kappa shape index (κ1) is 50.0. The summed E-state index contributed by atoms with van der Waals surface area (Å²) >= 11 is 0. The fourth-order valence-corrected chi connectivity index (χ4v) is 5.87. The van der Waals surface area contributed by atoms with Gasteiger partial charge in [0.15, 0.2) is 6.10 Å². The van der Waals surface area contributed by atoms with Gasteiger partial charge in [0.2, 0.25) is 0 Å². The molecule has 9 nitrogen and oxygen atoms in total. The maximum Gasteiger partial charge on any atom is 0.469 e. The summed E-state index contributed by atoms with van der Waals surface area (Å²) in [6.45, 7) is 5.86. The SMILES string of the molecule is CCCCC/C=C\C=C/[C@@H](O)C/C=C\C/C=C/CCCC(=O)OC[C@H](COP(=O)(O)O)OC(=O)CCCCCCCCCCCCCCCC(C)C. The van der Waals surface area contributed by atoms with Crippen LogP contribution in [0.15, 0.2) is 48.6 Å². The minimum Gasteiger partial charge on any atom is -0.462 e. The van der Waals surface area contributed by atoms with E-state index in [0.29, 0.717) is 25.7 Å². The van der Waals surface area contributed by atoms with E-state index in [0.717, 1.165) is 38.0 Å². The van der Waals surface area contributed by atoms with E-state index in [9.17, 15) is 19.3 Å². The Morgan fingerprint density at radius 3 is 1.85 bits per heavy atom. The van der Waals surface area contributed by atoms with Gasteiger partial charge in [0.1, 0.15) is 6.61 Å². The lowest BCUT2D eigenvalue weighted by molar-refractivity contribution is -0.161. The van der Waals surface area contributed by atoms with Crippen LogP contribution < -0.4 is 0 Å². The number of hydrogen-bond donors (Lipinski definition) is 3. The number of ether oxygens (including phenoxy) is 2. The van der Waals surface area contributed by atoms with E-state index in [1.807, 2.05) is 36.5 Å². The van der Waals surface area contributed by atoms with Crippen molar-refractivity contribution in [3.8, 4) is 0 Å². The number of unbranched alkanes of at least 4 members (excludes halogenated alkanes) is 16. The summed E-state index contributed by atoms with van der Waals surface area (Å²) < 4.78 is 26.3. The standard InChI is InChI=1S/C42H75O9P/c1-4-5-6-7-16-22-27-32-39(43)33-28-23-18-15-20-24-29-34-41(44)49-36-40(37-50-52(46,47)48)51-42(45)35-30-25-19-14-12-10-8-9-11-13-17-21-26-31-38(2)3/h15-16,20,22-23,27-28,32,38-40,43H,4-14,17-19,21,24-26,29-31,33-37H2,1-3H3,(H2,46,47,48)/b20-15+,22-16-,28-23-,32-27-/t39-,40-/m1/s1. The van der Waals surface area contributed by atoms with Gasteiger partial charge in [0.25, 0.3) is 0 Å². The average molecular weight is 755 g/mol.